The zero-order valence-electron chi connectivity index (χ0n) is 11.7. The molecule has 0 radical (unpaired) electrons. The molecule has 0 saturated heterocycles. The Morgan fingerprint density at radius 2 is 1.91 bits per heavy atom. The molecule has 0 fully saturated rings. The van der Waals surface area contributed by atoms with Crippen molar-refractivity contribution in [1.82, 2.24) is 15.0 Å². The van der Waals surface area contributed by atoms with Gasteiger partial charge in [-0.05, 0) is 26.0 Å². The summed E-state index contributed by atoms with van der Waals surface area (Å²) in [5.41, 5.74) is -0.786. The van der Waals surface area contributed by atoms with E-state index in [9.17, 15) is 13.2 Å². The van der Waals surface area contributed by atoms with Crippen LogP contribution in [0.1, 0.15) is 19.5 Å². The van der Waals surface area contributed by atoms with Gasteiger partial charge in [-0.1, -0.05) is 11.6 Å². The lowest BCUT2D eigenvalue weighted by molar-refractivity contribution is -0.141. The first-order valence-corrected chi connectivity index (χ1v) is 6.73. The van der Waals surface area contributed by atoms with Crippen molar-refractivity contribution in [3.8, 4) is 0 Å². The molecule has 0 spiro atoms. The Morgan fingerprint density at radius 1 is 1.18 bits per heavy atom. The summed E-state index contributed by atoms with van der Waals surface area (Å²) < 4.78 is 37.9. The van der Waals surface area contributed by atoms with E-state index in [2.05, 4.69) is 25.6 Å². The molecule has 5 nitrogen and oxygen atoms in total. The van der Waals surface area contributed by atoms with E-state index < -0.39 is 11.9 Å². The molecule has 2 heterocycles. The second-order valence-electron chi connectivity index (χ2n) is 4.75. The van der Waals surface area contributed by atoms with Crippen molar-refractivity contribution in [3.63, 3.8) is 0 Å². The fourth-order valence-electron chi connectivity index (χ4n) is 1.62. The van der Waals surface area contributed by atoms with Gasteiger partial charge < -0.3 is 10.6 Å². The number of anilines is 3. The number of rotatable bonds is 4. The highest BCUT2D eigenvalue weighted by molar-refractivity contribution is 6.29. The van der Waals surface area contributed by atoms with Gasteiger partial charge in [0.2, 0.25) is 5.95 Å². The number of aromatic nitrogens is 3. The molecule has 0 aliphatic rings. The van der Waals surface area contributed by atoms with Crippen LogP contribution in [0.3, 0.4) is 0 Å². The van der Waals surface area contributed by atoms with Crippen molar-refractivity contribution >= 4 is 29.1 Å². The maximum absolute atomic E-state index is 12.6. The van der Waals surface area contributed by atoms with Crippen LogP contribution in [0.25, 0.3) is 0 Å². The molecular formula is C13H13ClF3N5. The molecule has 0 aliphatic heterocycles. The lowest BCUT2D eigenvalue weighted by Crippen LogP contribution is -2.13. The van der Waals surface area contributed by atoms with Crippen molar-refractivity contribution in [2.75, 3.05) is 10.6 Å². The van der Waals surface area contributed by atoms with Crippen LogP contribution in [0.2, 0.25) is 5.15 Å². The summed E-state index contributed by atoms with van der Waals surface area (Å²) in [6.07, 6.45) is -3.44. The van der Waals surface area contributed by atoms with Gasteiger partial charge in [0.05, 0.1) is 0 Å². The first kappa shape index (κ1) is 16.3. The van der Waals surface area contributed by atoms with Gasteiger partial charge in [0, 0.05) is 24.0 Å². The molecule has 0 atom stereocenters. The van der Waals surface area contributed by atoms with Crippen molar-refractivity contribution < 1.29 is 13.2 Å². The summed E-state index contributed by atoms with van der Waals surface area (Å²) in [6, 6.07) is 3.80. The van der Waals surface area contributed by atoms with Crippen molar-refractivity contribution in [1.29, 1.82) is 0 Å². The molecule has 118 valence electrons. The number of hydrogen-bond donors (Lipinski definition) is 2. The van der Waals surface area contributed by atoms with Crippen molar-refractivity contribution in [2.45, 2.75) is 26.1 Å². The van der Waals surface area contributed by atoms with E-state index in [-0.39, 0.29) is 28.6 Å². The first-order valence-electron chi connectivity index (χ1n) is 6.35. The molecular weight excluding hydrogens is 319 g/mol. The molecule has 9 heteroatoms. The predicted octanol–water partition coefficient (Wildman–Crippen LogP) is 4.11. The Labute approximate surface area is 130 Å². The molecule has 22 heavy (non-hydrogen) atoms. The Hall–Kier alpha value is -2.09. The van der Waals surface area contributed by atoms with E-state index in [1.807, 2.05) is 13.8 Å². The van der Waals surface area contributed by atoms with E-state index in [0.29, 0.717) is 0 Å². The highest BCUT2D eigenvalue weighted by Crippen LogP contribution is 2.29. The van der Waals surface area contributed by atoms with Crippen molar-refractivity contribution in [3.05, 3.63) is 35.2 Å². The van der Waals surface area contributed by atoms with Crippen LogP contribution in [0.15, 0.2) is 24.4 Å². The molecule has 2 rings (SSSR count). The first-order chi connectivity index (χ1) is 10.2. The number of nitrogens with zero attached hydrogens (tertiary/aromatic N) is 3. The molecule has 2 aromatic rings. The summed E-state index contributed by atoms with van der Waals surface area (Å²) in [5.74, 6) is 0.567. The minimum Gasteiger partial charge on any atom is -0.352 e. The predicted molar refractivity (Wildman–Crippen MR) is 78.3 cm³/mol. The maximum atomic E-state index is 12.6. The van der Waals surface area contributed by atoms with Gasteiger partial charge in [-0.2, -0.15) is 18.2 Å². The third kappa shape index (κ3) is 4.45. The quantitative estimate of drug-likeness (QED) is 0.826. The Morgan fingerprint density at radius 3 is 2.55 bits per heavy atom. The SMILES string of the molecule is CC(C)Nc1nc(Cl)cc(Nc2ccnc(C(F)(F)F)c2)n1. The average molecular weight is 332 g/mol. The van der Waals surface area contributed by atoms with E-state index >= 15 is 0 Å². The monoisotopic (exact) mass is 331 g/mol. The summed E-state index contributed by atoms with van der Waals surface area (Å²) in [6.45, 7) is 3.80. The second-order valence-corrected chi connectivity index (χ2v) is 5.14. The van der Waals surface area contributed by atoms with E-state index in [1.54, 1.807) is 0 Å². The van der Waals surface area contributed by atoms with Crippen LogP contribution in [0.4, 0.5) is 30.6 Å². The van der Waals surface area contributed by atoms with Gasteiger partial charge in [-0.15, -0.1) is 0 Å². The van der Waals surface area contributed by atoms with E-state index in [4.69, 9.17) is 11.6 Å². The van der Waals surface area contributed by atoms with E-state index in [1.165, 1.54) is 12.1 Å². The fourth-order valence-corrected chi connectivity index (χ4v) is 1.80. The zero-order chi connectivity index (χ0) is 16.3. The van der Waals surface area contributed by atoms with Crippen LogP contribution >= 0.6 is 11.6 Å². The third-order valence-electron chi connectivity index (χ3n) is 2.44. The largest absolute Gasteiger partial charge is 0.433 e. The molecule has 0 aliphatic carbocycles. The molecule has 0 saturated carbocycles. The summed E-state index contributed by atoms with van der Waals surface area (Å²) in [7, 11) is 0. The van der Waals surface area contributed by atoms with Crippen LogP contribution in [-0.4, -0.2) is 21.0 Å². The second kappa shape index (κ2) is 6.35. The zero-order valence-corrected chi connectivity index (χ0v) is 12.5. The van der Waals surface area contributed by atoms with Gasteiger partial charge in [0.1, 0.15) is 16.7 Å². The minimum atomic E-state index is -4.51. The lowest BCUT2D eigenvalue weighted by Gasteiger charge is -2.12. The Balaban J connectivity index is 2.25. The van der Waals surface area contributed by atoms with Gasteiger partial charge in [-0.3, -0.25) is 4.98 Å². The molecule has 0 amide bonds. The maximum Gasteiger partial charge on any atom is 0.433 e. The molecule has 0 bridgehead atoms. The third-order valence-corrected chi connectivity index (χ3v) is 2.63. The molecule has 0 aromatic carbocycles. The normalized spacial score (nSPS) is 11.6. The Kier molecular flexibility index (Phi) is 4.70. The smallest absolute Gasteiger partial charge is 0.352 e. The van der Waals surface area contributed by atoms with E-state index in [0.717, 1.165) is 12.3 Å². The standard InChI is InChI=1S/C13H13ClF3N5/c1-7(2)19-12-21-10(14)6-11(22-12)20-8-3-4-18-9(5-8)13(15,16)17/h3-7H,1-2H3,(H2,18,19,20,21,22). The van der Waals surface area contributed by atoms with Gasteiger partial charge in [0.25, 0.3) is 0 Å². The number of pyridine rings is 1. The van der Waals surface area contributed by atoms with Crippen LogP contribution in [-0.2, 0) is 6.18 Å². The summed E-state index contributed by atoms with van der Waals surface area (Å²) in [5, 5.41) is 5.90. The molecule has 0 unspecified atom stereocenters. The number of nitrogens with one attached hydrogen (secondary N) is 2. The number of hydrogen-bond acceptors (Lipinski definition) is 5. The summed E-state index contributed by atoms with van der Waals surface area (Å²) in [4.78, 5) is 11.4. The van der Waals surface area contributed by atoms with Crippen molar-refractivity contribution in [2.24, 2.45) is 0 Å². The van der Waals surface area contributed by atoms with Crippen LogP contribution in [0.5, 0.6) is 0 Å². The number of alkyl halides is 3. The minimum absolute atomic E-state index is 0.0871. The topological polar surface area (TPSA) is 62.7 Å². The Bertz CT molecular complexity index is 660. The molecule has 2 N–H and O–H groups in total. The highest BCUT2D eigenvalue weighted by atomic mass is 35.5. The average Bonchev–Trinajstić information content (AvgIpc) is 2.36. The van der Waals surface area contributed by atoms with Gasteiger partial charge >= 0.3 is 6.18 Å². The number of halogens is 4. The highest BCUT2D eigenvalue weighted by Gasteiger charge is 2.32. The van der Waals surface area contributed by atoms with Crippen LogP contribution in [0, 0.1) is 0 Å². The van der Waals surface area contributed by atoms with Gasteiger partial charge in [-0.25, -0.2) is 4.98 Å². The van der Waals surface area contributed by atoms with Crippen LogP contribution < -0.4 is 10.6 Å². The molecule has 2 aromatic heterocycles. The lowest BCUT2D eigenvalue weighted by atomic mass is 10.3. The fraction of sp³-hybridized carbons (Fsp3) is 0.308. The summed E-state index contributed by atoms with van der Waals surface area (Å²) >= 11 is 5.88. The van der Waals surface area contributed by atoms with Gasteiger partial charge in [0.15, 0.2) is 0 Å².